The molecule has 2 saturated heterocycles. The van der Waals surface area contributed by atoms with Crippen LogP contribution in [0.4, 0.5) is 5.82 Å². The minimum atomic E-state index is 0.545. The quantitative estimate of drug-likeness (QED) is 0.626. The molecule has 0 aliphatic carbocycles. The summed E-state index contributed by atoms with van der Waals surface area (Å²) in [4.78, 5) is 0. The molecule has 0 unspecified atom stereocenters. The molecule has 0 aromatic carbocycles. The first-order valence-electron chi connectivity index (χ1n) is 6.62. The molecule has 0 amide bonds. The average molecular weight is 235 g/mol. The van der Waals surface area contributed by atoms with Gasteiger partial charge in [-0.2, -0.15) is 5.10 Å². The Labute approximate surface area is 102 Å². The maximum atomic E-state index is 4.38. The van der Waals surface area contributed by atoms with E-state index in [2.05, 4.69) is 31.8 Å². The lowest BCUT2D eigenvalue weighted by molar-refractivity contribution is 0.318. The third-order valence-electron chi connectivity index (χ3n) is 3.74. The maximum Gasteiger partial charge on any atom is 0.124 e. The van der Waals surface area contributed by atoms with Crippen LogP contribution in [0.2, 0.25) is 0 Å². The molecule has 1 aromatic rings. The molecular weight excluding hydrogens is 214 g/mol. The van der Waals surface area contributed by atoms with Gasteiger partial charge in [0.25, 0.3) is 0 Å². The number of aromatic nitrogens is 2. The van der Waals surface area contributed by atoms with Gasteiger partial charge in [0.05, 0.1) is 12.2 Å². The molecule has 94 valence electrons. The van der Waals surface area contributed by atoms with Gasteiger partial charge >= 0.3 is 0 Å². The number of anilines is 1. The first kappa shape index (κ1) is 11.0. The highest BCUT2D eigenvalue weighted by atomic mass is 15.4. The molecule has 5 heteroatoms. The highest BCUT2D eigenvalue weighted by Gasteiger charge is 2.21. The van der Waals surface area contributed by atoms with Crippen LogP contribution in [0.1, 0.15) is 18.9 Å². The van der Waals surface area contributed by atoms with Crippen molar-refractivity contribution in [2.75, 3.05) is 38.0 Å². The summed E-state index contributed by atoms with van der Waals surface area (Å²) in [7, 11) is 0. The molecule has 3 heterocycles. The van der Waals surface area contributed by atoms with Crippen LogP contribution in [0.15, 0.2) is 12.3 Å². The van der Waals surface area contributed by atoms with Crippen LogP contribution in [0.5, 0.6) is 0 Å². The molecule has 1 aromatic heterocycles. The molecule has 5 nitrogen and oxygen atoms in total. The summed E-state index contributed by atoms with van der Waals surface area (Å²) >= 11 is 0. The topological polar surface area (TPSA) is 53.9 Å². The third-order valence-corrected chi connectivity index (χ3v) is 3.74. The molecule has 3 N–H and O–H groups in total. The van der Waals surface area contributed by atoms with Gasteiger partial charge in [-0.3, -0.25) is 0 Å². The zero-order valence-corrected chi connectivity index (χ0v) is 10.2. The summed E-state index contributed by atoms with van der Waals surface area (Å²) in [6.45, 7) is 5.58. The van der Waals surface area contributed by atoms with Crippen molar-refractivity contribution >= 4 is 5.82 Å². The molecule has 2 aliphatic heterocycles. The first-order chi connectivity index (χ1) is 8.43. The minimum Gasteiger partial charge on any atom is -0.370 e. The van der Waals surface area contributed by atoms with Crippen molar-refractivity contribution in [3.05, 3.63) is 12.3 Å². The molecule has 0 atom stereocenters. The van der Waals surface area contributed by atoms with Crippen molar-refractivity contribution < 1.29 is 0 Å². The van der Waals surface area contributed by atoms with E-state index in [0.29, 0.717) is 6.04 Å². The van der Waals surface area contributed by atoms with Crippen molar-refractivity contribution in [1.29, 1.82) is 0 Å². The van der Waals surface area contributed by atoms with Crippen LogP contribution in [0.3, 0.4) is 0 Å². The van der Waals surface area contributed by atoms with Crippen LogP contribution in [-0.2, 0) is 0 Å². The van der Waals surface area contributed by atoms with Crippen molar-refractivity contribution in [3.8, 4) is 0 Å². The third kappa shape index (κ3) is 2.45. The van der Waals surface area contributed by atoms with E-state index >= 15 is 0 Å². The molecular formula is C12H21N5. The minimum absolute atomic E-state index is 0.545. The Hall–Kier alpha value is -1.07. The molecule has 0 saturated carbocycles. The molecule has 0 bridgehead atoms. The van der Waals surface area contributed by atoms with Crippen LogP contribution >= 0.6 is 0 Å². The molecule has 0 spiro atoms. The fourth-order valence-corrected chi connectivity index (χ4v) is 2.35. The summed E-state index contributed by atoms with van der Waals surface area (Å²) in [5.41, 5.74) is 0. The van der Waals surface area contributed by atoms with Gasteiger partial charge in [-0.05, 0) is 31.8 Å². The fourth-order valence-electron chi connectivity index (χ4n) is 2.35. The van der Waals surface area contributed by atoms with E-state index in [9.17, 15) is 0 Å². The molecule has 0 radical (unpaired) electrons. The lowest BCUT2D eigenvalue weighted by Crippen LogP contribution is -2.44. The second-order valence-corrected chi connectivity index (χ2v) is 5.07. The van der Waals surface area contributed by atoms with E-state index in [1.54, 1.807) is 0 Å². The van der Waals surface area contributed by atoms with E-state index < -0.39 is 0 Å². The van der Waals surface area contributed by atoms with Gasteiger partial charge in [-0.25, -0.2) is 4.68 Å². The molecule has 17 heavy (non-hydrogen) atoms. The van der Waals surface area contributed by atoms with Gasteiger partial charge in [0.15, 0.2) is 0 Å². The predicted octanol–water partition coefficient (Wildman–Crippen LogP) is 0.439. The Morgan fingerprint density at radius 2 is 2.12 bits per heavy atom. The van der Waals surface area contributed by atoms with E-state index in [1.165, 1.54) is 31.7 Å². The molecule has 3 rings (SSSR count). The second kappa shape index (κ2) is 5.06. The SMILES string of the molecule is c1cc(NCCCC2CNC2)n(C2CNC2)n1. The Morgan fingerprint density at radius 1 is 1.29 bits per heavy atom. The monoisotopic (exact) mass is 235 g/mol. The van der Waals surface area contributed by atoms with Gasteiger partial charge < -0.3 is 16.0 Å². The van der Waals surface area contributed by atoms with E-state index in [0.717, 1.165) is 25.6 Å². The summed E-state index contributed by atoms with van der Waals surface area (Å²) in [5.74, 6) is 2.08. The van der Waals surface area contributed by atoms with Gasteiger partial charge in [0.2, 0.25) is 0 Å². The van der Waals surface area contributed by atoms with Gasteiger partial charge in [-0.15, -0.1) is 0 Å². The summed E-state index contributed by atoms with van der Waals surface area (Å²) < 4.78 is 2.11. The maximum absolute atomic E-state index is 4.38. The zero-order chi connectivity index (χ0) is 11.5. The first-order valence-corrected chi connectivity index (χ1v) is 6.62. The lowest BCUT2D eigenvalue weighted by Gasteiger charge is -2.29. The van der Waals surface area contributed by atoms with Crippen LogP contribution in [0.25, 0.3) is 0 Å². The fraction of sp³-hybridized carbons (Fsp3) is 0.750. The smallest absolute Gasteiger partial charge is 0.124 e. The largest absolute Gasteiger partial charge is 0.370 e. The lowest BCUT2D eigenvalue weighted by atomic mass is 9.98. The number of rotatable bonds is 6. The van der Waals surface area contributed by atoms with Crippen molar-refractivity contribution in [1.82, 2.24) is 20.4 Å². The Bertz CT molecular complexity index is 354. The normalized spacial score (nSPS) is 20.9. The van der Waals surface area contributed by atoms with Gasteiger partial charge in [-0.1, -0.05) is 0 Å². The second-order valence-electron chi connectivity index (χ2n) is 5.07. The Kier molecular flexibility index (Phi) is 3.29. The Morgan fingerprint density at radius 3 is 2.76 bits per heavy atom. The molecule has 2 aliphatic rings. The van der Waals surface area contributed by atoms with E-state index in [4.69, 9.17) is 0 Å². The average Bonchev–Trinajstić information content (AvgIpc) is 2.61. The van der Waals surface area contributed by atoms with Crippen LogP contribution < -0.4 is 16.0 Å². The number of hydrogen-bond donors (Lipinski definition) is 3. The van der Waals surface area contributed by atoms with Crippen LogP contribution in [0, 0.1) is 5.92 Å². The van der Waals surface area contributed by atoms with E-state index in [-0.39, 0.29) is 0 Å². The van der Waals surface area contributed by atoms with Gasteiger partial charge in [0.1, 0.15) is 5.82 Å². The van der Waals surface area contributed by atoms with Crippen molar-refractivity contribution in [3.63, 3.8) is 0 Å². The number of nitrogens with one attached hydrogen (secondary N) is 3. The summed E-state index contributed by atoms with van der Waals surface area (Å²) in [5, 5.41) is 14.5. The van der Waals surface area contributed by atoms with Crippen molar-refractivity contribution in [2.45, 2.75) is 18.9 Å². The number of nitrogens with zero attached hydrogens (tertiary/aromatic N) is 2. The summed E-state index contributed by atoms with van der Waals surface area (Å²) in [6, 6.07) is 2.62. The Balaban J connectivity index is 1.42. The standard InChI is InChI=1S/C12H21N5/c1(2-10-6-13-7-10)4-15-12-3-5-16-17(12)11-8-14-9-11/h3,5,10-11,13-15H,1-2,4,6-9H2. The van der Waals surface area contributed by atoms with Gasteiger partial charge in [0, 0.05) is 25.7 Å². The van der Waals surface area contributed by atoms with Crippen molar-refractivity contribution in [2.24, 2.45) is 5.92 Å². The predicted molar refractivity (Wildman–Crippen MR) is 68.2 cm³/mol. The van der Waals surface area contributed by atoms with E-state index in [1.807, 2.05) is 6.20 Å². The molecule has 2 fully saturated rings. The summed E-state index contributed by atoms with van der Waals surface area (Å²) in [6.07, 6.45) is 4.47. The van der Waals surface area contributed by atoms with Crippen LogP contribution in [-0.4, -0.2) is 42.5 Å². The zero-order valence-electron chi connectivity index (χ0n) is 10.2. The highest BCUT2D eigenvalue weighted by molar-refractivity contribution is 5.34. The highest BCUT2D eigenvalue weighted by Crippen LogP contribution is 2.18. The number of hydrogen-bond acceptors (Lipinski definition) is 4.